The summed E-state index contributed by atoms with van der Waals surface area (Å²) in [5.74, 6) is 0.110. The molecule has 0 aliphatic carbocycles. The van der Waals surface area contributed by atoms with Crippen molar-refractivity contribution in [3.8, 4) is 11.5 Å². The molecule has 0 atom stereocenters. The van der Waals surface area contributed by atoms with E-state index in [2.05, 4.69) is 12.4 Å². The Bertz CT molecular complexity index is 567. The summed E-state index contributed by atoms with van der Waals surface area (Å²) in [6.45, 7) is 3.12. The van der Waals surface area contributed by atoms with Gasteiger partial charge in [-0.15, -0.1) is 0 Å². The normalized spacial score (nSPS) is 17.7. The van der Waals surface area contributed by atoms with Crippen molar-refractivity contribution >= 4 is 17.5 Å². The number of piperazine rings is 1. The first kappa shape index (κ1) is 13.7. The molecule has 0 saturated carbocycles. The van der Waals surface area contributed by atoms with Crippen molar-refractivity contribution in [2.45, 2.75) is 0 Å². The van der Waals surface area contributed by atoms with Gasteiger partial charge in [0.05, 0.1) is 33.2 Å². The molecule has 3 rings (SSSR count). The van der Waals surface area contributed by atoms with E-state index in [4.69, 9.17) is 9.47 Å². The maximum atomic E-state index is 12.1. The predicted molar refractivity (Wildman–Crippen MR) is 74.4 cm³/mol. The Balaban J connectivity index is 1.62. The molecule has 2 heterocycles. The number of hydrogen-bond acceptors (Lipinski definition) is 4. The first-order valence-electron chi connectivity index (χ1n) is 6.95. The molecule has 0 aromatic heterocycles. The molecule has 0 unspecified atom stereocenters. The first-order valence-corrected chi connectivity index (χ1v) is 6.95. The fraction of sp³-hybridized carbons (Fsp3) is 0.429. The number of carbonyl (C=O) groups excluding carboxylic acids is 2. The number of carbonyl (C=O) groups is 2. The van der Waals surface area contributed by atoms with Crippen LogP contribution < -0.4 is 19.7 Å². The van der Waals surface area contributed by atoms with E-state index < -0.39 is 11.8 Å². The minimum absolute atomic E-state index is 0.176. The highest BCUT2D eigenvalue weighted by Crippen LogP contribution is 2.34. The van der Waals surface area contributed by atoms with Crippen molar-refractivity contribution in [3.63, 3.8) is 0 Å². The van der Waals surface area contributed by atoms with Crippen LogP contribution in [0.15, 0.2) is 18.2 Å². The molecule has 2 amide bonds. The van der Waals surface area contributed by atoms with Crippen molar-refractivity contribution < 1.29 is 24.0 Å². The van der Waals surface area contributed by atoms with Gasteiger partial charge in [-0.3, -0.25) is 9.59 Å². The molecule has 1 aromatic rings. The third-order valence-electron chi connectivity index (χ3n) is 3.73. The monoisotopic (exact) mass is 292 g/mol. The van der Waals surface area contributed by atoms with Crippen LogP contribution in [0.2, 0.25) is 0 Å². The predicted octanol–water partition coefficient (Wildman–Crippen LogP) is -1.29. The van der Waals surface area contributed by atoms with Crippen LogP contribution in [0.25, 0.3) is 0 Å². The highest BCUT2D eigenvalue weighted by Gasteiger charge is 2.26. The van der Waals surface area contributed by atoms with Crippen molar-refractivity contribution in [1.29, 1.82) is 0 Å². The minimum atomic E-state index is -0.617. The zero-order valence-electron chi connectivity index (χ0n) is 11.8. The average Bonchev–Trinajstić information content (AvgIpc) is 2.95. The van der Waals surface area contributed by atoms with E-state index in [-0.39, 0.29) is 6.79 Å². The van der Waals surface area contributed by atoms with Gasteiger partial charge in [-0.05, 0) is 12.1 Å². The van der Waals surface area contributed by atoms with Gasteiger partial charge < -0.3 is 24.6 Å². The third kappa shape index (κ3) is 2.92. The van der Waals surface area contributed by atoms with Crippen LogP contribution in [0.3, 0.4) is 0 Å². The molecule has 1 fully saturated rings. The fourth-order valence-corrected chi connectivity index (χ4v) is 2.39. The highest BCUT2D eigenvalue weighted by molar-refractivity contribution is 6.39. The van der Waals surface area contributed by atoms with Crippen molar-refractivity contribution in [3.05, 3.63) is 18.2 Å². The lowest BCUT2D eigenvalue weighted by Gasteiger charge is -2.29. The van der Waals surface area contributed by atoms with E-state index in [1.807, 2.05) is 0 Å². The molecule has 2 aliphatic heterocycles. The number of fused-ring (bicyclic) bond motifs is 1. The summed E-state index contributed by atoms with van der Waals surface area (Å²) in [4.78, 5) is 27.1. The molecular formula is C14H18N3O4+. The quantitative estimate of drug-likeness (QED) is 0.632. The van der Waals surface area contributed by atoms with Gasteiger partial charge in [0.2, 0.25) is 6.79 Å². The number of nitrogens with one attached hydrogen (secondary N) is 2. The molecule has 21 heavy (non-hydrogen) atoms. The molecule has 2 N–H and O–H groups in total. The molecule has 1 aromatic carbocycles. The van der Waals surface area contributed by atoms with Crippen LogP contribution in [0.5, 0.6) is 11.5 Å². The molecule has 7 heteroatoms. The first-order chi connectivity index (χ1) is 10.1. The number of nitrogens with zero attached hydrogens (tertiary/aromatic N) is 1. The summed E-state index contributed by atoms with van der Waals surface area (Å²) in [5.41, 5.74) is 0.525. The molecule has 0 radical (unpaired) electrons. The molecule has 7 nitrogen and oxygen atoms in total. The van der Waals surface area contributed by atoms with Gasteiger partial charge in [0.25, 0.3) is 0 Å². The Kier molecular flexibility index (Phi) is 3.66. The summed E-state index contributed by atoms with van der Waals surface area (Å²) < 4.78 is 10.4. The zero-order chi connectivity index (χ0) is 14.8. The lowest BCUT2D eigenvalue weighted by Crippen LogP contribution is -3.12. The van der Waals surface area contributed by atoms with Gasteiger partial charge in [-0.1, -0.05) is 0 Å². The standard InChI is InChI=1S/C14H17N3O4/c1-16-4-6-17(7-5-16)14(19)13(18)15-10-2-3-11-12(8-10)21-9-20-11/h2-3,8H,4-7,9H2,1H3,(H,15,18)/p+1. The van der Waals surface area contributed by atoms with Crippen molar-refractivity contribution in [2.24, 2.45) is 0 Å². The molecule has 0 spiro atoms. The Hall–Kier alpha value is -2.28. The summed E-state index contributed by atoms with van der Waals surface area (Å²) in [6.07, 6.45) is 0. The van der Waals surface area contributed by atoms with Crippen LogP contribution >= 0.6 is 0 Å². The maximum Gasteiger partial charge on any atom is 0.313 e. The second-order valence-corrected chi connectivity index (χ2v) is 5.27. The lowest BCUT2D eigenvalue weighted by molar-refractivity contribution is -0.883. The number of likely N-dealkylation sites (N-methyl/N-ethyl adjacent to an activating group) is 1. The Morgan fingerprint density at radius 2 is 1.90 bits per heavy atom. The number of hydrogen-bond donors (Lipinski definition) is 2. The molecular weight excluding hydrogens is 274 g/mol. The van der Waals surface area contributed by atoms with E-state index >= 15 is 0 Å². The molecule has 0 bridgehead atoms. The number of benzene rings is 1. The summed E-state index contributed by atoms with van der Waals surface area (Å²) in [7, 11) is 2.08. The van der Waals surface area contributed by atoms with E-state index in [0.717, 1.165) is 13.1 Å². The highest BCUT2D eigenvalue weighted by atomic mass is 16.7. The summed E-state index contributed by atoms with van der Waals surface area (Å²) >= 11 is 0. The van der Waals surface area contributed by atoms with Crippen molar-refractivity contribution in [1.82, 2.24) is 4.90 Å². The van der Waals surface area contributed by atoms with Crippen LogP contribution in [-0.4, -0.2) is 56.7 Å². The number of amides is 2. The van der Waals surface area contributed by atoms with Gasteiger partial charge in [0.1, 0.15) is 0 Å². The van der Waals surface area contributed by atoms with Crippen LogP contribution in [0.4, 0.5) is 5.69 Å². The minimum Gasteiger partial charge on any atom is -0.454 e. The average molecular weight is 292 g/mol. The zero-order valence-corrected chi connectivity index (χ0v) is 11.8. The van der Waals surface area contributed by atoms with Crippen LogP contribution in [0.1, 0.15) is 0 Å². The largest absolute Gasteiger partial charge is 0.454 e. The second-order valence-electron chi connectivity index (χ2n) is 5.27. The maximum absolute atomic E-state index is 12.1. The topological polar surface area (TPSA) is 72.3 Å². The van der Waals surface area contributed by atoms with Gasteiger partial charge in [-0.25, -0.2) is 0 Å². The Morgan fingerprint density at radius 3 is 2.67 bits per heavy atom. The smallest absolute Gasteiger partial charge is 0.313 e. The Morgan fingerprint density at radius 1 is 1.19 bits per heavy atom. The second kappa shape index (κ2) is 5.61. The van der Waals surface area contributed by atoms with Gasteiger partial charge in [-0.2, -0.15) is 0 Å². The van der Waals surface area contributed by atoms with Gasteiger partial charge >= 0.3 is 11.8 Å². The SMILES string of the molecule is C[NH+]1CCN(C(=O)C(=O)Nc2ccc3c(c2)OCO3)CC1. The summed E-state index contributed by atoms with van der Waals surface area (Å²) in [5, 5.41) is 2.61. The molecule has 112 valence electrons. The van der Waals surface area contributed by atoms with Crippen LogP contribution in [0, 0.1) is 0 Å². The number of anilines is 1. The van der Waals surface area contributed by atoms with E-state index in [9.17, 15) is 9.59 Å². The molecule has 1 saturated heterocycles. The lowest BCUT2D eigenvalue weighted by atomic mass is 10.2. The van der Waals surface area contributed by atoms with E-state index in [1.165, 1.54) is 4.90 Å². The molecule has 2 aliphatic rings. The van der Waals surface area contributed by atoms with Crippen molar-refractivity contribution in [2.75, 3.05) is 45.3 Å². The Labute approximate surface area is 122 Å². The number of quaternary nitrogens is 1. The van der Waals surface area contributed by atoms with E-state index in [0.29, 0.717) is 30.3 Å². The summed E-state index contributed by atoms with van der Waals surface area (Å²) in [6, 6.07) is 5.05. The van der Waals surface area contributed by atoms with Gasteiger partial charge in [0, 0.05) is 11.8 Å². The van der Waals surface area contributed by atoms with E-state index in [1.54, 1.807) is 23.1 Å². The third-order valence-corrected chi connectivity index (χ3v) is 3.73. The van der Waals surface area contributed by atoms with Gasteiger partial charge in [0.15, 0.2) is 11.5 Å². The number of rotatable bonds is 1. The van der Waals surface area contributed by atoms with Crippen LogP contribution in [-0.2, 0) is 9.59 Å². The fourth-order valence-electron chi connectivity index (χ4n) is 2.39. The number of ether oxygens (including phenoxy) is 2.